The van der Waals surface area contributed by atoms with E-state index in [0.717, 1.165) is 31.6 Å². The van der Waals surface area contributed by atoms with Crippen LogP contribution in [0.1, 0.15) is 24.1 Å². The predicted octanol–water partition coefficient (Wildman–Crippen LogP) is 1.16. The number of fused-ring (bicyclic) bond motifs is 1. The quantitative estimate of drug-likeness (QED) is 0.389. The van der Waals surface area contributed by atoms with Crippen LogP contribution in [-0.4, -0.2) is 98.4 Å². The van der Waals surface area contributed by atoms with Gasteiger partial charge in [0.2, 0.25) is 11.9 Å². The zero-order valence-corrected chi connectivity index (χ0v) is 21.8. The van der Waals surface area contributed by atoms with Crippen molar-refractivity contribution in [3.63, 3.8) is 0 Å². The molecule has 0 unspecified atom stereocenters. The van der Waals surface area contributed by atoms with Crippen LogP contribution in [-0.2, 0) is 4.79 Å². The third-order valence-corrected chi connectivity index (χ3v) is 7.74. The minimum absolute atomic E-state index is 0.222. The number of benzene rings is 1. The molecule has 2 aliphatic heterocycles. The number of amides is 1. The first kappa shape index (κ1) is 25.1. The number of aliphatic hydroxyl groups excluding tert-OH is 1. The molecule has 0 radical (unpaired) electrons. The Hall–Kier alpha value is -4.17. The van der Waals surface area contributed by atoms with Crippen LogP contribution >= 0.6 is 11.6 Å². The Kier molecular flexibility index (Phi) is 6.56. The van der Waals surface area contributed by atoms with Gasteiger partial charge in [-0.25, -0.2) is 4.98 Å². The average Bonchev–Trinajstić information content (AvgIpc) is 3.65. The van der Waals surface area contributed by atoms with Crippen LogP contribution < -0.4 is 15.5 Å². The highest BCUT2D eigenvalue weighted by molar-refractivity contribution is 6.36. The number of carbonyl (C=O) groups is 1. The summed E-state index contributed by atoms with van der Waals surface area (Å²) in [7, 11) is 0. The van der Waals surface area contributed by atoms with Gasteiger partial charge in [0.15, 0.2) is 17.2 Å². The second kappa shape index (κ2) is 10.2. The van der Waals surface area contributed by atoms with Gasteiger partial charge < -0.3 is 25.5 Å². The van der Waals surface area contributed by atoms with Gasteiger partial charge in [-0.2, -0.15) is 20.0 Å². The first-order valence-corrected chi connectivity index (χ1v) is 13.2. The van der Waals surface area contributed by atoms with Crippen LogP contribution in [0.15, 0.2) is 18.3 Å². The van der Waals surface area contributed by atoms with Gasteiger partial charge in [0.1, 0.15) is 12.7 Å². The SMILES string of the molecule is N#Cc1cc(Nc2nc(NC3CC3)c3ncc(C#N)n3n2)c(Cl)c(N2CCN(C3CN(C(=O)CO)C3)CC2)c1. The number of likely N-dealkylation sites (tertiary alicyclic amines) is 1. The lowest BCUT2D eigenvalue weighted by Gasteiger charge is -2.48. The Morgan fingerprint density at radius 1 is 1.15 bits per heavy atom. The molecule has 4 heterocycles. The Bertz CT molecular complexity index is 1510. The number of imidazole rings is 1. The number of halogens is 1. The van der Waals surface area contributed by atoms with Gasteiger partial charge in [-0.3, -0.25) is 9.69 Å². The molecule has 2 aromatic heterocycles. The number of piperazine rings is 1. The first-order chi connectivity index (χ1) is 19.0. The molecule has 3 aromatic rings. The summed E-state index contributed by atoms with van der Waals surface area (Å²) in [5.74, 6) is 0.510. The molecule has 200 valence electrons. The van der Waals surface area contributed by atoms with Crippen molar-refractivity contribution in [3.8, 4) is 12.1 Å². The number of hydrogen-bond donors (Lipinski definition) is 3. The van der Waals surface area contributed by atoms with Crippen molar-refractivity contribution < 1.29 is 9.90 Å². The van der Waals surface area contributed by atoms with Crippen LogP contribution in [0.4, 0.5) is 23.1 Å². The van der Waals surface area contributed by atoms with Crippen molar-refractivity contribution in [1.29, 1.82) is 10.5 Å². The fraction of sp³-hybridized carbons (Fsp3) is 0.440. The van der Waals surface area contributed by atoms with E-state index >= 15 is 0 Å². The summed E-state index contributed by atoms with van der Waals surface area (Å²) < 4.78 is 1.44. The third-order valence-electron chi connectivity index (χ3n) is 7.35. The number of anilines is 4. The molecule has 1 saturated carbocycles. The van der Waals surface area contributed by atoms with Crippen LogP contribution in [0.2, 0.25) is 5.02 Å². The van der Waals surface area contributed by atoms with E-state index in [0.29, 0.717) is 60.0 Å². The maximum atomic E-state index is 11.6. The fourth-order valence-electron chi connectivity index (χ4n) is 4.96. The molecule has 0 bridgehead atoms. The maximum absolute atomic E-state index is 11.6. The van der Waals surface area contributed by atoms with Crippen LogP contribution in [0.3, 0.4) is 0 Å². The lowest BCUT2D eigenvalue weighted by Crippen LogP contribution is -2.64. The van der Waals surface area contributed by atoms with Gasteiger partial charge in [-0.1, -0.05) is 11.6 Å². The summed E-state index contributed by atoms with van der Waals surface area (Å²) in [6.45, 7) is 3.79. The van der Waals surface area contributed by atoms with Gasteiger partial charge >= 0.3 is 0 Å². The highest BCUT2D eigenvalue weighted by Gasteiger charge is 2.36. The molecule has 3 fully saturated rings. The zero-order chi connectivity index (χ0) is 27.1. The summed E-state index contributed by atoms with van der Waals surface area (Å²) >= 11 is 6.88. The second-order valence-corrected chi connectivity index (χ2v) is 10.3. The van der Waals surface area contributed by atoms with Gasteiger partial charge in [0, 0.05) is 51.4 Å². The van der Waals surface area contributed by atoms with E-state index in [-0.39, 0.29) is 23.6 Å². The molecule has 2 saturated heterocycles. The van der Waals surface area contributed by atoms with Gasteiger partial charge in [0.25, 0.3) is 0 Å². The van der Waals surface area contributed by atoms with Gasteiger partial charge in [-0.05, 0) is 25.0 Å². The molecule has 39 heavy (non-hydrogen) atoms. The van der Waals surface area contributed by atoms with E-state index < -0.39 is 6.61 Å². The summed E-state index contributed by atoms with van der Waals surface area (Å²) in [6, 6.07) is 8.34. The van der Waals surface area contributed by atoms with E-state index in [1.807, 2.05) is 0 Å². The Morgan fingerprint density at radius 2 is 1.92 bits per heavy atom. The van der Waals surface area contributed by atoms with Crippen molar-refractivity contribution >= 4 is 46.3 Å². The molecule has 0 atom stereocenters. The molecule has 1 amide bonds. The minimum atomic E-state index is -0.455. The summed E-state index contributed by atoms with van der Waals surface area (Å²) in [5, 5.41) is 39.7. The lowest BCUT2D eigenvalue weighted by atomic mass is 10.1. The van der Waals surface area contributed by atoms with E-state index in [9.17, 15) is 15.3 Å². The number of nitriles is 2. The van der Waals surface area contributed by atoms with E-state index in [4.69, 9.17) is 16.7 Å². The highest BCUT2D eigenvalue weighted by Crippen LogP contribution is 2.37. The van der Waals surface area contributed by atoms with Crippen LogP contribution in [0.5, 0.6) is 0 Å². The Morgan fingerprint density at radius 3 is 2.59 bits per heavy atom. The number of carbonyl (C=O) groups excluding carboxylic acids is 1. The van der Waals surface area contributed by atoms with Crippen molar-refractivity contribution in [2.45, 2.75) is 24.9 Å². The van der Waals surface area contributed by atoms with E-state index in [1.165, 1.54) is 10.7 Å². The number of aromatic nitrogens is 4. The minimum Gasteiger partial charge on any atom is -0.387 e. The normalized spacial score (nSPS) is 17.9. The standard InChI is InChI=1S/C25H26ClN11O2/c26-22-19(31-25-32-23(30-16-1-2-16)24-29-11-17(10-28)37(24)33-25)7-15(9-27)8-20(22)35-5-3-34(4-6-35)18-12-36(13-18)21(39)14-38/h7-8,11,16,18,38H,1-6,12-14H2,(H2,30,31,32,33). The Labute approximate surface area is 229 Å². The molecular formula is C25H26ClN11O2. The third kappa shape index (κ3) is 4.88. The van der Waals surface area contributed by atoms with Crippen molar-refractivity contribution in [2.24, 2.45) is 0 Å². The molecule has 14 heteroatoms. The van der Waals surface area contributed by atoms with Crippen LogP contribution in [0, 0.1) is 22.7 Å². The highest BCUT2D eigenvalue weighted by atomic mass is 35.5. The second-order valence-electron chi connectivity index (χ2n) is 9.92. The monoisotopic (exact) mass is 547 g/mol. The number of nitrogens with zero attached hydrogens (tertiary/aromatic N) is 9. The first-order valence-electron chi connectivity index (χ1n) is 12.8. The van der Waals surface area contributed by atoms with Crippen LogP contribution in [0.25, 0.3) is 5.65 Å². The lowest BCUT2D eigenvalue weighted by molar-refractivity contribution is -0.141. The number of aliphatic hydroxyl groups is 1. The molecule has 13 nitrogen and oxygen atoms in total. The van der Waals surface area contributed by atoms with Crippen molar-refractivity contribution in [1.82, 2.24) is 29.4 Å². The molecular weight excluding hydrogens is 522 g/mol. The summed E-state index contributed by atoms with van der Waals surface area (Å²) in [6.07, 6.45) is 3.53. The number of hydrogen-bond acceptors (Lipinski definition) is 11. The summed E-state index contributed by atoms with van der Waals surface area (Å²) in [5.41, 5.74) is 2.41. The molecule has 0 spiro atoms. The Balaban J connectivity index is 1.22. The summed E-state index contributed by atoms with van der Waals surface area (Å²) in [4.78, 5) is 26.7. The topological polar surface area (TPSA) is 162 Å². The van der Waals surface area contributed by atoms with Crippen molar-refractivity contribution in [3.05, 3.63) is 34.6 Å². The fourth-order valence-corrected chi connectivity index (χ4v) is 5.24. The average molecular weight is 548 g/mol. The number of rotatable bonds is 7. The molecule has 1 aromatic carbocycles. The predicted molar refractivity (Wildman–Crippen MR) is 143 cm³/mol. The maximum Gasteiger partial charge on any atom is 0.248 e. The van der Waals surface area contributed by atoms with Crippen molar-refractivity contribution in [2.75, 3.05) is 61.4 Å². The largest absolute Gasteiger partial charge is 0.387 e. The van der Waals surface area contributed by atoms with Gasteiger partial charge in [0.05, 0.1) is 34.2 Å². The molecule has 1 aliphatic carbocycles. The molecule has 3 N–H and O–H groups in total. The smallest absolute Gasteiger partial charge is 0.248 e. The van der Waals surface area contributed by atoms with E-state index in [1.54, 1.807) is 17.0 Å². The zero-order valence-electron chi connectivity index (χ0n) is 21.0. The molecule has 6 rings (SSSR count). The van der Waals surface area contributed by atoms with Gasteiger partial charge in [-0.15, -0.1) is 5.10 Å². The number of nitrogens with one attached hydrogen (secondary N) is 2. The molecule has 3 aliphatic rings. The van der Waals surface area contributed by atoms with E-state index in [2.05, 4.69) is 47.6 Å².